The summed E-state index contributed by atoms with van der Waals surface area (Å²) in [6.07, 6.45) is 2.78. The summed E-state index contributed by atoms with van der Waals surface area (Å²) in [7, 11) is 3.62. The number of carbonyl (C=O) groups is 2. The first-order chi connectivity index (χ1) is 19.0. The first-order valence-electron chi connectivity index (χ1n) is 13.2. The zero-order chi connectivity index (χ0) is 26.9. The number of hydrogen-bond donors (Lipinski definition) is 1. The molecule has 4 aromatic rings. The van der Waals surface area contributed by atoms with Gasteiger partial charge in [0.15, 0.2) is 0 Å². The third-order valence-electron chi connectivity index (χ3n) is 7.18. The van der Waals surface area contributed by atoms with Gasteiger partial charge in [0.1, 0.15) is 17.3 Å². The van der Waals surface area contributed by atoms with Crippen LogP contribution in [0.1, 0.15) is 44.1 Å². The molecule has 1 saturated carbocycles. The Morgan fingerprint density at radius 2 is 1.87 bits per heavy atom. The van der Waals surface area contributed by atoms with Crippen molar-refractivity contribution in [3.05, 3.63) is 94.5 Å². The van der Waals surface area contributed by atoms with E-state index in [1.807, 2.05) is 83.6 Å². The van der Waals surface area contributed by atoms with Crippen molar-refractivity contribution < 1.29 is 14.3 Å². The molecule has 2 amide bonds. The molecule has 0 radical (unpaired) electrons. The van der Waals surface area contributed by atoms with Crippen LogP contribution in [0.25, 0.3) is 10.4 Å². The Balaban J connectivity index is 1.26. The summed E-state index contributed by atoms with van der Waals surface area (Å²) in [6, 6.07) is 23.7. The minimum absolute atomic E-state index is 0.000699. The van der Waals surface area contributed by atoms with Crippen molar-refractivity contribution in [1.29, 1.82) is 0 Å². The fourth-order valence-corrected chi connectivity index (χ4v) is 6.11. The fraction of sp³-hybridized carbons (Fsp3) is 0.258. The molecule has 2 aliphatic rings. The van der Waals surface area contributed by atoms with Crippen molar-refractivity contribution in [3.8, 4) is 16.2 Å². The number of thiophene rings is 1. The number of ether oxygens (including phenoxy) is 1. The van der Waals surface area contributed by atoms with E-state index in [4.69, 9.17) is 9.72 Å². The minimum Gasteiger partial charge on any atom is -0.496 e. The van der Waals surface area contributed by atoms with Gasteiger partial charge in [0, 0.05) is 42.2 Å². The summed E-state index contributed by atoms with van der Waals surface area (Å²) >= 11 is 1.51. The van der Waals surface area contributed by atoms with Gasteiger partial charge in [0.2, 0.25) is 0 Å². The monoisotopic (exact) mass is 538 g/mol. The van der Waals surface area contributed by atoms with Crippen LogP contribution < -0.4 is 19.9 Å². The number of para-hydroxylation sites is 2. The van der Waals surface area contributed by atoms with E-state index in [-0.39, 0.29) is 11.8 Å². The first-order valence-corrected chi connectivity index (χ1v) is 14.0. The molecule has 1 fully saturated rings. The van der Waals surface area contributed by atoms with Crippen LogP contribution in [0.4, 0.5) is 11.5 Å². The fourth-order valence-electron chi connectivity index (χ4n) is 4.97. The van der Waals surface area contributed by atoms with Gasteiger partial charge in [-0.15, -0.1) is 11.3 Å². The summed E-state index contributed by atoms with van der Waals surface area (Å²) in [5.74, 6) is 1.38. The number of carbonyl (C=O) groups excluding carboxylic acids is 2. The lowest BCUT2D eigenvalue weighted by molar-refractivity contribution is 0.0952. The van der Waals surface area contributed by atoms with Gasteiger partial charge in [-0.2, -0.15) is 0 Å². The summed E-state index contributed by atoms with van der Waals surface area (Å²) in [5.41, 5.74) is 4.34. The third kappa shape index (κ3) is 5.12. The zero-order valence-corrected chi connectivity index (χ0v) is 22.8. The van der Waals surface area contributed by atoms with Gasteiger partial charge >= 0.3 is 0 Å². The quantitative estimate of drug-likeness (QED) is 0.334. The average Bonchev–Trinajstić information content (AvgIpc) is 3.71. The van der Waals surface area contributed by atoms with Crippen LogP contribution in [-0.2, 0) is 13.0 Å². The molecule has 7 nitrogen and oxygen atoms in total. The normalized spacial score (nSPS) is 14.2. The lowest BCUT2D eigenvalue weighted by Crippen LogP contribution is -2.33. The van der Waals surface area contributed by atoms with Crippen molar-refractivity contribution in [2.24, 2.45) is 0 Å². The second-order valence-corrected chi connectivity index (χ2v) is 11.0. The van der Waals surface area contributed by atoms with Crippen molar-refractivity contribution in [3.63, 3.8) is 0 Å². The first kappa shape index (κ1) is 25.1. The van der Waals surface area contributed by atoms with Crippen LogP contribution in [0.15, 0.2) is 72.8 Å². The Morgan fingerprint density at radius 3 is 2.69 bits per heavy atom. The Bertz CT molecular complexity index is 1540. The molecule has 198 valence electrons. The summed E-state index contributed by atoms with van der Waals surface area (Å²) in [6.45, 7) is 1.10. The molecule has 0 spiro atoms. The number of rotatable bonds is 7. The highest BCUT2D eigenvalue weighted by atomic mass is 32.1. The zero-order valence-electron chi connectivity index (χ0n) is 22.0. The Labute approximate surface area is 232 Å². The Hall–Kier alpha value is -4.17. The second-order valence-electron chi connectivity index (χ2n) is 9.99. The average molecular weight is 539 g/mol. The number of benzene rings is 2. The molecule has 0 bridgehead atoms. The van der Waals surface area contributed by atoms with Gasteiger partial charge in [-0.05, 0) is 55.2 Å². The number of pyridine rings is 1. The van der Waals surface area contributed by atoms with E-state index < -0.39 is 0 Å². The lowest BCUT2D eigenvalue weighted by atomic mass is 10.1. The van der Waals surface area contributed by atoms with Crippen LogP contribution in [0, 0.1) is 0 Å². The Morgan fingerprint density at radius 1 is 1.08 bits per heavy atom. The standard InChI is InChI=1S/C31H30N4O3S/c1-34(19-21-8-3-6-12-26(21)38-2)28-13-7-10-24(33-28)31(37)35-17-16-20-18-27(30(36)32-22-14-15-22)39-29(20)23-9-4-5-11-25(23)35/h3-13,18,22H,14-17,19H2,1-2H3,(H,32,36). The van der Waals surface area contributed by atoms with Gasteiger partial charge in [-0.3, -0.25) is 9.59 Å². The van der Waals surface area contributed by atoms with Gasteiger partial charge in [0.05, 0.1) is 17.7 Å². The predicted octanol–water partition coefficient (Wildman–Crippen LogP) is 5.55. The number of amides is 2. The molecule has 3 heterocycles. The predicted molar refractivity (Wildman–Crippen MR) is 155 cm³/mol. The molecule has 1 aliphatic carbocycles. The highest BCUT2D eigenvalue weighted by Gasteiger charge is 2.30. The van der Waals surface area contributed by atoms with Crippen LogP contribution in [-0.4, -0.2) is 43.5 Å². The van der Waals surface area contributed by atoms with Crippen molar-refractivity contribution in [1.82, 2.24) is 10.3 Å². The van der Waals surface area contributed by atoms with Gasteiger partial charge in [-0.1, -0.05) is 42.5 Å². The number of methoxy groups -OCH3 is 1. The number of hydrogen-bond acceptors (Lipinski definition) is 6. The topological polar surface area (TPSA) is 74.8 Å². The third-order valence-corrected chi connectivity index (χ3v) is 8.39. The maximum atomic E-state index is 13.9. The highest BCUT2D eigenvalue weighted by Crippen LogP contribution is 2.42. The Kier molecular flexibility index (Phi) is 6.79. The van der Waals surface area contributed by atoms with Crippen molar-refractivity contribution >= 4 is 34.7 Å². The molecule has 1 aliphatic heterocycles. The second kappa shape index (κ2) is 10.5. The van der Waals surface area contributed by atoms with Crippen LogP contribution in [0.3, 0.4) is 0 Å². The molecule has 6 rings (SSSR count). The van der Waals surface area contributed by atoms with E-state index >= 15 is 0 Å². The number of aromatic nitrogens is 1. The summed E-state index contributed by atoms with van der Waals surface area (Å²) in [4.78, 5) is 37.0. The summed E-state index contributed by atoms with van der Waals surface area (Å²) < 4.78 is 5.50. The van der Waals surface area contributed by atoms with Crippen LogP contribution in [0.2, 0.25) is 0 Å². The molecule has 0 unspecified atom stereocenters. The highest BCUT2D eigenvalue weighted by molar-refractivity contribution is 7.17. The number of fused-ring (bicyclic) bond motifs is 3. The van der Waals surface area contributed by atoms with Crippen molar-refractivity contribution in [2.45, 2.75) is 31.8 Å². The number of anilines is 2. The molecule has 0 saturated heterocycles. The SMILES string of the molecule is COc1ccccc1CN(C)c1cccc(C(=O)N2CCc3cc(C(=O)NC4CC4)sc3-c3ccccc32)n1. The lowest BCUT2D eigenvalue weighted by Gasteiger charge is -2.24. The van der Waals surface area contributed by atoms with E-state index in [0.717, 1.165) is 50.7 Å². The maximum Gasteiger partial charge on any atom is 0.276 e. The van der Waals surface area contributed by atoms with E-state index in [2.05, 4.69) is 5.32 Å². The molecular formula is C31H30N4O3S. The molecule has 2 aromatic carbocycles. The molecule has 2 aromatic heterocycles. The minimum atomic E-state index is -0.142. The molecule has 39 heavy (non-hydrogen) atoms. The van der Waals surface area contributed by atoms with E-state index in [0.29, 0.717) is 37.1 Å². The number of nitrogens with zero attached hydrogens (tertiary/aromatic N) is 3. The van der Waals surface area contributed by atoms with Crippen LogP contribution in [0.5, 0.6) is 5.75 Å². The van der Waals surface area contributed by atoms with Gasteiger partial charge < -0.3 is 19.9 Å². The molecular weight excluding hydrogens is 508 g/mol. The van der Waals surface area contributed by atoms with Gasteiger partial charge in [0.25, 0.3) is 11.8 Å². The summed E-state index contributed by atoms with van der Waals surface area (Å²) in [5, 5.41) is 3.09. The van der Waals surface area contributed by atoms with Gasteiger partial charge in [-0.25, -0.2) is 4.98 Å². The van der Waals surface area contributed by atoms with Crippen LogP contribution >= 0.6 is 11.3 Å². The number of nitrogens with one attached hydrogen (secondary N) is 1. The smallest absolute Gasteiger partial charge is 0.276 e. The van der Waals surface area contributed by atoms with E-state index in [1.165, 1.54) is 11.3 Å². The van der Waals surface area contributed by atoms with E-state index in [9.17, 15) is 9.59 Å². The molecule has 1 N–H and O–H groups in total. The maximum absolute atomic E-state index is 13.9. The molecule has 8 heteroatoms. The van der Waals surface area contributed by atoms with E-state index in [1.54, 1.807) is 13.2 Å². The molecule has 0 atom stereocenters. The largest absolute Gasteiger partial charge is 0.496 e. The van der Waals surface area contributed by atoms with Crippen molar-refractivity contribution in [2.75, 3.05) is 30.5 Å².